The van der Waals surface area contributed by atoms with Crippen LogP contribution in [0.2, 0.25) is 0 Å². The summed E-state index contributed by atoms with van der Waals surface area (Å²) in [6.07, 6.45) is 5.14. The zero-order valence-electron chi connectivity index (χ0n) is 21.9. The molecule has 1 aromatic carbocycles. The fourth-order valence-corrected chi connectivity index (χ4v) is 4.50. The van der Waals surface area contributed by atoms with Gasteiger partial charge in [-0.1, -0.05) is 6.07 Å². The van der Waals surface area contributed by atoms with Gasteiger partial charge in [0, 0.05) is 63.2 Å². The summed E-state index contributed by atoms with van der Waals surface area (Å²) in [4.78, 5) is 18.5. The van der Waals surface area contributed by atoms with Gasteiger partial charge in [0.25, 0.3) is 0 Å². The second-order valence-corrected chi connectivity index (χ2v) is 10.5. The average molecular weight is 524 g/mol. The molecule has 0 spiro atoms. The number of piperazine rings is 1. The molecule has 0 saturated carbocycles. The molecule has 3 aromatic heterocycles. The number of benzene rings is 1. The summed E-state index contributed by atoms with van der Waals surface area (Å²) in [5, 5.41) is 25.7. The Morgan fingerprint density at radius 3 is 2.32 bits per heavy atom. The molecule has 38 heavy (non-hydrogen) atoms. The van der Waals surface area contributed by atoms with Crippen molar-refractivity contribution in [2.45, 2.75) is 38.5 Å². The van der Waals surface area contributed by atoms with Crippen molar-refractivity contribution in [2.24, 2.45) is 7.05 Å². The first-order valence-electron chi connectivity index (χ1n) is 12.5. The maximum atomic E-state index is 14.2. The van der Waals surface area contributed by atoms with Crippen LogP contribution in [0, 0.1) is 11.6 Å². The van der Waals surface area contributed by atoms with E-state index in [1.54, 1.807) is 23.1 Å². The molecule has 0 bridgehead atoms. The summed E-state index contributed by atoms with van der Waals surface area (Å²) in [6.45, 7) is 7.56. The van der Waals surface area contributed by atoms with Crippen molar-refractivity contribution in [3.05, 3.63) is 65.7 Å². The average Bonchev–Trinajstić information content (AvgIpc) is 3.30. The van der Waals surface area contributed by atoms with Crippen LogP contribution in [-0.2, 0) is 19.2 Å². The van der Waals surface area contributed by atoms with Crippen LogP contribution in [0.25, 0.3) is 22.3 Å². The molecular formula is C27H31F2N7O2. The highest BCUT2D eigenvalue weighted by atomic mass is 19.1. The Bertz CT molecular complexity index is 1470. The largest absolute Gasteiger partial charge is 0.387 e. The molecule has 0 radical (unpaired) electrons. The lowest BCUT2D eigenvalue weighted by Gasteiger charge is -2.36. The summed E-state index contributed by atoms with van der Waals surface area (Å²) < 4.78 is 29.1. The standard InChI is InChI=1S/C27H31F2N7O2/c1-26(2,37)27(3,38)23-12-21-22(14-30-23)33-25(24(32-21)18-13-31-34(4)15-18)36-9-7-35(8-10-36)16-17-5-6-19(28)11-20(17)29/h5-6,11-15,37-38H,7-10,16H2,1-4H3. The first-order chi connectivity index (χ1) is 17.9. The monoisotopic (exact) mass is 523 g/mol. The summed E-state index contributed by atoms with van der Waals surface area (Å²) in [7, 11) is 1.83. The molecule has 5 rings (SSSR count). The van der Waals surface area contributed by atoms with E-state index in [2.05, 4.69) is 19.9 Å². The topological polar surface area (TPSA) is 103 Å². The predicted octanol–water partition coefficient (Wildman–Crippen LogP) is 3.00. The van der Waals surface area contributed by atoms with Crippen molar-refractivity contribution < 1.29 is 19.0 Å². The first kappa shape index (κ1) is 26.1. The van der Waals surface area contributed by atoms with Crippen molar-refractivity contribution in [3.63, 3.8) is 0 Å². The van der Waals surface area contributed by atoms with Gasteiger partial charge in [-0.2, -0.15) is 5.10 Å². The molecule has 4 aromatic rings. The highest BCUT2D eigenvalue weighted by Gasteiger charge is 2.40. The Hall–Kier alpha value is -3.54. The molecular weight excluding hydrogens is 492 g/mol. The first-order valence-corrected chi connectivity index (χ1v) is 12.5. The Kier molecular flexibility index (Phi) is 6.62. The number of hydrogen-bond donors (Lipinski definition) is 2. The number of aryl methyl sites for hydroxylation is 1. The third kappa shape index (κ3) is 4.96. The van der Waals surface area contributed by atoms with Crippen LogP contribution in [0.15, 0.2) is 42.9 Å². The number of fused-ring (bicyclic) bond motifs is 1. The highest BCUT2D eigenvalue weighted by molar-refractivity contribution is 5.83. The van der Waals surface area contributed by atoms with Gasteiger partial charge >= 0.3 is 0 Å². The van der Waals surface area contributed by atoms with Gasteiger partial charge in [-0.15, -0.1) is 0 Å². The third-order valence-corrected chi connectivity index (χ3v) is 7.28. The number of rotatable bonds is 6. The van der Waals surface area contributed by atoms with Gasteiger partial charge in [0.05, 0.1) is 29.2 Å². The van der Waals surface area contributed by atoms with Gasteiger partial charge in [-0.25, -0.2) is 18.7 Å². The predicted molar refractivity (Wildman–Crippen MR) is 139 cm³/mol. The molecule has 0 aliphatic carbocycles. The maximum absolute atomic E-state index is 14.2. The lowest BCUT2D eigenvalue weighted by Crippen LogP contribution is -2.46. The van der Waals surface area contributed by atoms with Gasteiger partial charge in [-0.3, -0.25) is 14.6 Å². The van der Waals surface area contributed by atoms with Crippen LogP contribution in [0.1, 0.15) is 32.0 Å². The normalized spacial score (nSPS) is 16.7. The van der Waals surface area contributed by atoms with E-state index in [0.717, 1.165) is 11.6 Å². The molecule has 1 atom stereocenters. The van der Waals surface area contributed by atoms with Gasteiger partial charge in [0.15, 0.2) is 5.82 Å². The van der Waals surface area contributed by atoms with Crippen molar-refractivity contribution in [2.75, 3.05) is 31.1 Å². The molecule has 0 amide bonds. The van der Waals surface area contributed by atoms with Crippen LogP contribution in [0.3, 0.4) is 0 Å². The lowest BCUT2D eigenvalue weighted by molar-refractivity contribution is -0.127. The van der Waals surface area contributed by atoms with E-state index in [1.807, 2.05) is 13.2 Å². The van der Waals surface area contributed by atoms with E-state index in [4.69, 9.17) is 9.97 Å². The Morgan fingerprint density at radius 1 is 0.947 bits per heavy atom. The minimum absolute atomic E-state index is 0.290. The summed E-state index contributed by atoms with van der Waals surface area (Å²) >= 11 is 0. The van der Waals surface area contributed by atoms with Crippen molar-refractivity contribution >= 4 is 16.9 Å². The van der Waals surface area contributed by atoms with E-state index in [9.17, 15) is 19.0 Å². The molecule has 9 nitrogen and oxygen atoms in total. The van der Waals surface area contributed by atoms with Crippen molar-refractivity contribution in [3.8, 4) is 11.3 Å². The minimum atomic E-state index is -1.60. The molecule has 200 valence electrons. The minimum Gasteiger partial charge on any atom is -0.387 e. The second kappa shape index (κ2) is 9.64. The number of nitrogens with zero attached hydrogens (tertiary/aromatic N) is 7. The van der Waals surface area contributed by atoms with E-state index in [0.29, 0.717) is 66.5 Å². The number of aliphatic hydroxyl groups is 2. The number of hydrogen-bond acceptors (Lipinski definition) is 8. The van der Waals surface area contributed by atoms with E-state index < -0.39 is 22.8 Å². The van der Waals surface area contributed by atoms with E-state index in [-0.39, 0.29) is 0 Å². The van der Waals surface area contributed by atoms with Crippen molar-refractivity contribution in [1.82, 2.24) is 29.6 Å². The molecule has 11 heteroatoms. The second-order valence-electron chi connectivity index (χ2n) is 10.5. The van der Waals surface area contributed by atoms with Crippen LogP contribution in [-0.4, -0.2) is 71.6 Å². The fraction of sp³-hybridized carbons (Fsp3) is 0.407. The quantitative estimate of drug-likeness (QED) is 0.398. The van der Waals surface area contributed by atoms with E-state index in [1.165, 1.54) is 32.9 Å². The molecule has 1 unspecified atom stereocenters. The molecule has 4 heterocycles. The Labute approximate surface area is 219 Å². The van der Waals surface area contributed by atoms with Crippen LogP contribution < -0.4 is 4.90 Å². The number of aromatic nitrogens is 5. The summed E-state index contributed by atoms with van der Waals surface area (Å²) in [5.41, 5.74) is 0.249. The van der Waals surface area contributed by atoms with Gasteiger partial charge in [-0.05, 0) is 32.9 Å². The van der Waals surface area contributed by atoms with E-state index >= 15 is 0 Å². The highest BCUT2D eigenvalue weighted by Crippen LogP contribution is 2.34. The Morgan fingerprint density at radius 2 is 1.68 bits per heavy atom. The molecule has 1 aliphatic rings. The fourth-order valence-electron chi connectivity index (χ4n) is 4.50. The molecule has 1 fully saturated rings. The Balaban J connectivity index is 1.46. The van der Waals surface area contributed by atoms with Gasteiger partial charge in [0.2, 0.25) is 0 Å². The molecule has 2 N–H and O–H groups in total. The smallest absolute Gasteiger partial charge is 0.156 e. The third-order valence-electron chi connectivity index (χ3n) is 7.28. The number of halogens is 2. The summed E-state index contributed by atoms with van der Waals surface area (Å²) in [6, 6.07) is 5.33. The SMILES string of the molecule is Cn1cc(-c2nc3cc(C(C)(O)C(C)(C)O)ncc3nc2N2CCN(Cc3ccc(F)cc3F)CC2)cn1. The van der Waals surface area contributed by atoms with Gasteiger partial charge < -0.3 is 15.1 Å². The lowest BCUT2D eigenvalue weighted by atomic mass is 9.84. The molecule has 1 aliphatic heterocycles. The van der Waals surface area contributed by atoms with Crippen LogP contribution in [0.5, 0.6) is 0 Å². The molecule has 1 saturated heterocycles. The zero-order valence-corrected chi connectivity index (χ0v) is 21.9. The maximum Gasteiger partial charge on any atom is 0.156 e. The van der Waals surface area contributed by atoms with Crippen LogP contribution >= 0.6 is 0 Å². The zero-order chi connectivity index (χ0) is 27.2. The number of anilines is 1. The van der Waals surface area contributed by atoms with Crippen LogP contribution in [0.4, 0.5) is 14.6 Å². The summed E-state index contributed by atoms with van der Waals surface area (Å²) in [5.74, 6) is -0.441. The number of pyridine rings is 1. The van der Waals surface area contributed by atoms with Gasteiger partial charge in [0.1, 0.15) is 28.4 Å². The van der Waals surface area contributed by atoms with Crippen molar-refractivity contribution in [1.29, 1.82) is 0 Å².